The Morgan fingerprint density at radius 1 is 1.24 bits per heavy atom. The molecule has 5 heteroatoms. The van der Waals surface area contributed by atoms with Crippen molar-refractivity contribution in [2.75, 3.05) is 6.54 Å². The molecule has 0 bridgehead atoms. The highest BCUT2D eigenvalue weighted by molar-refractivity contribution is 7.10. The molecule has 1 atom stereocenters. The van der Waals surface area contributed by atoms with Gasteiger partial charge in [0.15, 0.2) is 0 Å². The third-order valence-electron chi connectivity index (χ3n) is 3.44. The Balaban J connectivity index is 2.06. The third-order valence-corrected chi connectivity index (χ3v) is 4.53. The van der Waals surface area contributed by atoms with Crippen molar-refractivity contribution in [3.05, 3.63) is 64.1 Å². The summed E-state index contributed by atoms with van der Waals surface area (Å²) in [5.41, 5.74) is 3.39. The number of thiophene rings is 1. The van der Waals surface area contributed by atoms with E-state index in [0.29, 0.717) is 0 Å². The molecular weight excluding hydrogens is 280 g/mol. The van der Waals surface area contributed by atoms with Crippen LogP contribution in [-0.2, 0) is 0 Å². The Morgan fingerprint density at radius 3 is 2.71 bits per heavy atom. The lowest BCUT2D eigenvalue weighted by atomic mass is 10.1. The van der Waals surface area contributed by atoms with Crippen molar-refractivity contribution in [2.24, 2.45) is 0 Å². The first kappa shape index (κ1) is 14.0. The molecule has 0 aliphatic rings. The number of aromatic nitrogens is 3. The van der Waals surface area contributed by atoms with Crippen molar-refractivity contribution < 1.29 is 0 Å². The molecule has 0 radical (unpaired) electrons. The van der Waals surface area contributed by atoms with Gasteiger partial charge in [0.2, 0.25) is 0 Å². The highest BCUT2D eigenvalue weighted by Gasteiger charge is 2.21. The number of nitrogens with zero attached hydrogens (tertiary/aromatic N) is 3. The monoisotopic (exact) mass is 298 g/mol. The zero-order chi connectivity index (χ0) is 14.7. The Hall–Kier alpha value is -1.98. The quantitative estimate of drug-likeness (QED) is 0.785. The standard InChI is InChI=1S/C16H18N4S/c1-3-17-15(16-12(2)9-10-21-16)14-11-18-19-20(14)13-7-5-4-6-8-13/h4-11,15,17H,3H2,1-2H3. The van der Waals surface area contributed by atoms with E-state index in [9.17, 15) is 0 Å². The van der Waals surface area contributed by atoms with Crippen LogP contribution in [0.5, 0.6) is 0 Å². The Kier molecular flexibility index (Phi) is 4.13. The number of hydrogen-bond acceptors (Lipinski definition) is 4. The van der Waals surface area contributed by atoms with Gasteiger partial charge in [0.1, 0.15) is 0 Å². The molecule has 21 heavy (non-hydrogen) atoms. The van der Waals surface area contributed by atoms with E-state index in [0.717, 1.165) is 17.9 Å². The third kappa shape index (κ3) is 2.75. The molecule has 0 aliphatic heterocycles. The van der Waals surface area contributed by atoms with Crippen LogP contribution in [0.2, 0.25) is 0 Å². The summed E-state index contributed by atoms with van der Waals surface area (Å²) in [6.07, 6.45) is 1.85. The van der Waals surface area contributed by atoms with Crippen molar-refractivity contribution in [1.29, 1.82) is 0 Å². The molecule has 1 unspecified atom stereocenters. The van der Waals surface area contributed by atoms with Crippen molar-refractivity contribution in [2.45, 2.75) is 19.9 Å². The largest absolute Gasteiger partial charge is 0.305 e. The fraction of sp³-hybridized carbons (Fsp3) is 0.250. The average Bonchev–Trinajstić information content (AvgIpc) is 3.15. The molecule has 2 aromatic heterocycles. The molecule has 0 aliphatic carbocycles. The van der Waals surface area contributed by atoms with Crippen LogP contribution in [0.3, 0.4) is 0 Å². The van der Waals surface area contributed by atoms with Crippen LogP contribution in [0, 0.1) is 6.92 Å². The number of para-hydroxylation sites is 1. The van der Waals surface area contributed by atoms with E-state index in [1.165, 1.54) is 10.4 Å². The fourth-order valence-corrected chi connectivity index (χ4v) is 3.44. The van der Waals surface area contributed by atoms with Crippen LogP contribution in [0.1, 0.15) is 29.1 Å². The number of hydrogen-bond donors (Lipinski definition) is 1. The van der Waals surface area contributed by atoms with E-state index in [4.69, 9.17) is 0 Å². The van der Waals surface area contributed by atoms with Gasteiger partial charge in [-0.1, -0.05) is 30.3 Å². The minimum Gasteiger partial charge on any atom is -0.305 e. The van der Waals surface area contributed by atoms with Gasteiger partial charge in [0.25, 0.3) is 0 Å². The Bertz CT molecular complexity index is 702. The molecule has 3 rings (SSSR count). The van der Waals surface area contributed by atoms with Gasteiger partial charge in [-0.05, 0) is 42.6 Å². The van der Waals surface area contributed by atoms with Gasteiger partial charge in [-0.15, -0.1) is 16.4 Å². The summed E-state index contributed by atoms with van der Waals surface area (Å²) in [6.45, 7) is 5.15. The van der Waals surface area contributed by atoms with E-state index in [1.807, 2.05) is 41.2 Å². The van der Waals surface area contributed by atoms with E-state index < -0.39 is 0 Å². The van der Waals surface area contributed by atoms with Crippen molar-refractivity contribution in [3.8, 4) is 5.69 Å². The summed E-state index contributed by atoms with van der Waals surface area (Å²) in [7, 11) is 0. The number of benzene rings is 1. The molecule has 2 heterocycles. The van der Waals surface area contributed by atoms with E-state index in [1.54, 1.807) is 11.3 Å². The Morgan fingerprint density at radius 2 is 2.05 bits per heavy atom. The molecule has 0 amide bonds. The predicted octanol–water partition coefficient (Wildman–Crippen LogP) is 3.34. The normalized spacial score (nSPS) is 12.5. The minimum absolute atomic E-state index is 0.116. The summed E-state index contributed by atoms with van der Waals surface area (Å²) < 4.78 is 1.91. The van der Waals surface area contributed by atoms with Gasteiger partial charge in [-0.25, -0.2) is 4.68 Å². The zero-order valence-electron chi connectivity index (χ0n) is 12.2. The number of aryl methyl sites for hydroxylation is 1. The van der Waals surface area contributed by atoms with Gasteiger partial charge >= 0.3 is 0 Å². The molecule has 0 fully saturated rings. The van der Waals surface area contributed by atoms with Gasteiger partial charge in [0, 0.05) is 4.88 Å². The molecule has 108 valence electrons. The lowest BCUT2D eigenvalue weighted by molar-refractivity contribution is 0.597. The fourth-order valence-electron chi connectivity index (χ4n) is 2.43. The van der Waals surface area contributed by atoms with Crippen molar-refractivity contribution >= 4 is 11.3 Å². The van der Waals surface area contributed by atoms with Gasteiger partial charge in [-0.2, -0.15) is 0 Å². The number of rotatable bonds is 5. The molecular formula is C16H18N4S. The summed E-state index contributed by atoms with van der Waals surface area (Å²) in [5.74, 6) is 0. The second-order valence-corrected chi connectivity index (χ2v) is 5.81. The SMILES string of the molecule is CCNC(c1sccc1C)c1cnnn1-c1ccccc1. The molecule has 0 spiro atoms. The molecule has 1 N–H and O–H groups in total. The first-order valence-corrected chi connectivity index (χ1v) is 7.92. The van der Waals surface area contributed by atoms with Crippen LogP contribution < -0.4 is 5.32 Å². The van der Waals surface area contributed by atoms with E-state index in [-0.39, 0.29) is 6.04 Å². The minimum atomic E-state index is 0.116. The highest BCUT2D eigenvalue weighted by atomic mass is 32.1. The molecule has 1 aromatic carbocycles. The topological polar surface area (TPSA) is 42.7 Å². The maximum Gasteiger partial charge on any atom is 0.0869 e. The first-order chi connectivity index (χ1) is 10.3. The van der Waals surface area contributed by atoms with Crippen LogP contribution in [0.25, 0.3) is 5.69 Å². The average molecular weight is 298 g/mol. The lowest BCUT2D eigenvalue weighted by Crippen LogP contribution is -2.24. The van der Waals surface area contributed by atoms with Crippen LogP contribution in [0.15, 0.2) is 48.0 Å². The molecule has 3 aromatic rings. The molecule has 0 saturated carbocycles. The second-order valence-electron chi connectivity index (χ2n) is 4.86. The van der Waals surface area contributed by atoms with Gasteiger partial charge in [0.05, 0.1) is 23.6 Å². The maximum atomic E-state index is 4.26. The smallest absolute Gasteiger partial charge is 0.0869 e. The predicted molar refractivity (Wildman–Crippen MR) is 85.9 cm³/mol. The number of nitrogens with one attached hydrogen (secondary N) is 1. The van der Waals surface area contributed by atoms with Gasteiger partial charge < -0.3 is 5.32 Å². The van der Waals surface area contributed by atoms with Crippen LogP contribution >= 0.6 is 11.3 Å². The zero-order valence-corrected chi connectivity index (χ0v) is 13.0. The molecule has 4 nitrogen and oxygen atoms in total. The molecule has 0 saturated heterocycles. The van der Waals surface area contributed by atoms with Crippen molar-refractivity contribution in [3.63, 3.8) is 0 Å². The lowest BCUT2D eigenvalue weighted by Gasteiger charge is -2.18. The first-order valence-electron chi connectivity index (χ1n) is 7.04. The second kappa shape index (κ2) is 6.20. The van der Waals surface area contributed by atoms with E-state index >= 15 is 0 Å². The van der Waals surface area contributed by atoms with Crippen LogP contribution in [-0.4, -0.2) is 21.5 Å². The summed E-state index contributed by atoms with van der Waals surface area (Å²) >= 11 is 1.77. The highest BCUT2D eigenvalue weighted by Crippen LogP contribution is 2.29. The van der Waals surface area contributed by atoms with Crippen LogP contribution in [0.4, 0.5) is 0 Å². The summed E-state index contributed by atoms with van der Waals surface area (Å²) in [5, 5.41) is 14.1. The van der Waals surface area contributed by atoms with Gasteiger partial charge in [-0.3, -0.25) is 0 Å². The maximum absolute atomic E-state index is 4.26. The Labute approximate surface area is 128 Å². The summed E-state index contributed by atoms with van der Waals surface area (Å²) in [4.78, 5) is 1.32. The summed E-state index contributed by atoms with van der Waals surface area (Å²) in [6, 6.07) is 12.4. The van der Waals surface area contributed by atoms with Crippen molar-refractivity contribution in [1.82, 2.24) is 20.3 Å². The van der Waals surface area contributed by atoms with E-state index in [2.05, 4.69) is 40.9 Å².